The number of halogens is 1. The van der Waals surface area contributed by atoms with Gasteiger partial charge in [0.15, 0.2) is 0 Å². The fourth-order valence-corrected chi connectivity index (χ4v) is 1.65. The molecule has 0 saturated heterocycles. The molecule has 0 fully saturated rings. The molecule has 1 rings (SSSR count). The summed E-state index contributed by atoms with van der Waals surface area (Å²) in [5.74, 6) is 0.609. The minimum atomic E-state index is 0.0874. The number of hydrogen-bond donors (Lipinski definition) is 1. The molecule has 0 aliphatic heterocycles. The van der Waals surface area contributed by atoms with Crippen LogP contribution in [0.3, 0.4) is 0 Å². The fraction of sp³-hybridized carbons (Fsp3) is 0.500. The predicted molar refractivity (Wildman–Crippen MR) is 75.4 cm³/mol. The van der Waals surface area contributed by atoms with Gasteiger partial charge in [-0.15, -0.1) is 0 Å². The second-order valence-corrected chi connectivity index (χ2v) is 5.84. The predicted octanol–water partition coefficient (Wildman–Crippen LogP) is 3.07. The molecule has 1 N–H and O–H groups in total. The van der Waals surface area contributed by atoms with E-state index in [-0.39, 0.29) is 5.91 Å². The van der Waals surface area contributed by atoms with E-state index in [1.54, 1.807) is 0 Å². The van der Waals surface area contributed by atoms with Crippen molar-refractivity contribution >= 4 is 21.8 Å². The molecule has 3 heteroatoms. The smallest absolute Gasteiger partial charge is 0.224 e. The van der Waals surface area contributed by atoms with Gasteiger partial charge in [0.2, 0.25) is 5.91 Å². The number of carbonyl (C=O) groups excluding carboxylic acids is 1. The van der Waals surface area contributed by atoms with Crippen molar-refractivity contribution in [2.45, 2.75) is 32.0 Å². The largest absolute Gasteiger partial charge is 0.355 e. The Balaban J connectivity index is 2.43. The first-order valence-corrected chi connectivity index (χ1v) is 6.87. The third-order valence-corrected chi connectivity index (χ3v) is 4.21. The summed E-state index contributed by atoms with van der Waals surface area (Å²) in [6, 6.07) is 7.99. The van der Waals surface area contributed by atoms with E-state index in [9.17, 15) is 4.79 Å². The lowest BCUT2D eigenvalue weighted by molar-refractivity contribution is -0.120. The normalized spacial score (nSPS) is 12.5. The van der Waals surface area contributed by atoms with Gasteiger partial charge < -0.3 is 5.32 Å². The van der Waals surface area contributed by atoms with Gasteiger partial charge in [0.25, 0.3) is 0 Å². The Morgan fingerprint density at radius 1 is 1.35 bits per heavy atom. The monoisotopic (exact) mass is 297 g/mol. The average molecular weight is 298 g/mol. The summed E-state index contributed by atoms with van der Waals surface area (Å²) in [5, 5.41) is 2.95. The Labute approximate surface area is 112 Å². The summed E-state index contributed by atoms with van der Waals surface area (Å²) in [6.07, 6.45) is 0.463. The number of hydrogen-bond acceptors (Lipinski definition) is 1. The van der Waals surface area contributed by atoms with Crippen LogP contribution in [-0.2, 0) is 11.2 Å². The quantitative estimate of drug-likeness (QED) is 0.832. The van der Waals surface area contributed by atoms with E-state index in [4.69, 9.17) is 0 Å². The summed E-state index contributed by atoms with van der Waals surface area (Å²) in [7, 11) is 0. The van der Waals surface area contributed by atoms with Gasteiger partial charge in [-0.05, 0) is 24.0 Å². The summed E-state index contributed by atoms with van der Waals surface area (Å²) >= 11 is 3.56. The van der Waals surface area contributed by atoms with Crippen LogP contribution in [-0.4, -0.2) is 17.3 Å². The average Bonchev–Trinajstić information content (AvgIpc) is 2.29. The summed E-state index contributed by atoms with van der Waals surface area (Å²) in [5.41, 5.74) is 2.27. The topological polar surface area (TPSA) is 29.1 Å². The van der Waals surface area contributed by atoms with Crippen LogP contribution in [0.5, 0.6) is 0 Å². The molecule has 0 bridgehead atoms. The molecule has 1 atom stereocenters. The first-order valence-electron chi connectivity index (χ1n) is 5.96. The van der Waals surface area contributed by atoms with Gasteiger partial charge in [-0.3, -0.25) is 4.79 Å². The molecule has 0 spiro atoms. The number of benzene rings is 1. The molecule has 0 radical (unpaired) electrons. The second kappa shape index (κ2) is 6.80. The zero-order valence-corrected chi connectivity index (χ0v) is 12.3. The van der Waals surface area contributed by atoms with Crippen LogP contribution in [0.2, 0.25) is 0 Å². The molecule has 0 aliphatic rings. The Morgan fingerprint density at radius 3 is 2.59 bits per heavy atom. The highest BCUT2D eigenvalue weighted by Crippen LogP contribution is 2.11. The zero-order chi connectivity index (χ0) is 12.8. The number of nitrogens with one attached hydrogen (secondary N) is 1. The third-order valence-electron chi connectivity index (χ3n) is 2.83. The highest BCUT2D eigenvalue weighted by molar-refractivity contribution is 9.09. The van der Waals surface area contributed by atoms with E-state index in [1.807, 2.05) is 31.2 Å². The summed E-state index contributed by atoms with van der Waals surface area (Å²) in [6.45, 7) is 6.98. The lowest BCUT2D eigenvalue weighted by atomic mass is 10.1. The van der Waals surface area contributed by atoms with Crippen LogP contribution < -0.4 is 5.32 Å². The highest BCUT2D eigenvalue weighted by Gasteiger charge is 2.11. The molecule has 1 aromatic carbocycles. The van der Waals surface area contributed by atoms with Crippen molar-refractivity contribution < 1.29 is 4.79 Å². The SMILES string of the molecule is Cc1ccccc1CC(=O)NCC(Br)C(C)C. The van der Waals surface area contributed by atoms with Crippen molar-refractivity contribution in [1.82, 2.24) is 5.32 Å². The van der Waals surface area contributed by atoms with Gasteiger partial charge in [0.05, 0.1) is 6.42 Å². The molecule has 1 aromatic rings. The number of rotatable bonds is 5. The van der Waals surface area contributed by atoms with Crippen molar-refractivity contribution in [3.05, 3.63) is 35.4 Å². The molecule has 1 unspecified atom stereocenters. The van der Waals surface area contributed by atoms with Crippen LogP contribution in [0.25, 0.3) is 0 Å². The Kier molecular flexibility index (Phi) is 5.69. The van der Waals surface area contributed by atoms with Crippen molar-refractivity contribution in [2.24, 2.45) is 5.92 Å². The lowest BCUT2D eigenvalue weighted by Gasteiger charge is -2.14. The van der Waals surface area contributed by atoms with E-state index in [0.717, 1.165) is 5.56 Å². The molecular weight excluding hydrogens is 278 g/mol. The van der Waals surface area contributed by atoms with Gasteiger partial charge in [0, 0.05) is 11.4 Å². The molecule has 0 aliphatic carbocycles. The fourth-order valence-electron chi connectivity index (χ4n) is 1.49. The number of carbonyl (C=O) groups is 1. The number of alkyl halides is 1. The van der Waals surface area contributed by atoms with E-state index < -0.39 is 0 Å². The van der Waals surface area contributed by atoms with Gasteiger partial charge in [-0.25, -0.2) is 0 Å². The van der Waals surface area contributed by atoms with E-state index >= 15 is 0 Å². The van der Waals surface area contributed by atoms with Gasteiger partial charge in [0.1, 0.15) is 0 Å². The maximum absolute atomic E-state index is 11.8. The minimum absolute atomic E-state index is 0.0874. The van der Waals surface area contributed by atoms with Crippen molar-refractivity contribution in [2.75, 3.05) is 6.54 Å². The maximum Gasteiger partial charge on any atom is 0.224 e. The molecule has 0 saturated carbocycles. The van der Waals surface area contributed by atoms with Gasteiger partial charge in [-0.2, -0.15) is 0 Å². The minimum Gasteiger partial charge on any atom is -0.355 e. The van der Waals surface area contributed by atoms with Crippen LogP contribution in [0, 0.1) is 12.8 Å². The number of amides is 1. The molecule has 17 heavy (non-hydrogen) atoms. The lowest BCUT2D eigenvalue weighted by Crippen LogP contribution is -2.32. The zero-order valence-electron chi connectivity index (χ0n) is 10.7. The first kappa shape index (κ1) is 14.2. The molecule has 0 heterocycles. The van der Waals surface area contributed by atoms with E-state index in [1.165, 1.54) is 5.56 Å². The highest BCUT2D eigenvalue weighted by atomic mass is 79.9. The van der Waals surface area contributed by atoms with Gasteiger partial charge >= 0.3 is 0 Å². The molecule has 2 nitrogen and oxygen atoms in total. The molecule has 94 valence electrons. The Morgan fingerprint density at radius 2 is 2.00 bits per heavy atom. The standard InChI is InChI=1S/C14H20BrNO/c1-10(2)13(15)9-16-14(17)8-12-7-5-4-6-11(12)3/h4-7,10,13H,8-9H2,1-3H3,(H,16,17). The van der Waals surface area contributed by atoms with E-state index in [2.05, 4.69) is 35.1 Å². The number of aryl methyl sites for hydroxylation is 1. The van der Waals surface area contributed by atoms with Crippen molar-refractivity contribution in [3.63, 3.8) is 0 Å². The summed E-state index contributed by atoms with van der Waals surface area (Å²) in [4.78, 5) is 12.1. The first-order chi connectivity index (χ1) is 8.00. The molecular formula is C14H20BrNO. The Hall–Kier alpha value is -0.830. The molecule has 1 amide bonds. The van der Waals surface area contributed by atoms with Crippen LogP contribution >= 0.6 is 15.9 Å². The summed E-state index contributed by atoms with van der Waals surface area (Å²) < 4.78 is 0. The second-order valence-electron chi connectivity index (χ2n) is 4.67. The van der Waals surface area contributed by atoms with E-state index in [0.29, 0.717) is 23.7 Å². The van der Waals surface area contributed by atoms with Crippen LogP contribution in [0.1, 0.15) is 25.0 Å². The third kappa shape index (κ3) is 4.90. The Bertz CT molecular complexity index is 376. The van der Waals surface area contributed by atoms with Crippen molar-refractivity contribution in [1.29, 1.82) is 0 Å². The van der Waals surface area contributed by atoms with Gasteiger partial charge in [-0.1, -0.05) is 54.0 Å². The van der Waals surface area contributed by atoms with Crippen LogP contribution in [0.15, 0.2) is 24.3 Å². The van der Waals surface area contributed by atoms with Crippen LogP contribution in [0.4, 0.5) is 0 Å². The maximum atomic E-state index is 11.8. The van der Waals surface area contributed by atoms with Crippen molar-refractivity contribution in [3.8, 4) is 0 Å². The molecule has 0 aromatic heterocycles.